The largest absolute Gasteiger partial charge is 0.395 e. The first-order chi connectivity index (χ1) is 28.8. The van der Waals surface area contributed by atoms with Crippen molar-refractivity contribution in [2.45, 2.75) is 37.0 Å². The predicted molar refractivity (Wildman–Crippen MR) is 215 cm³/mol. The fourth-order valence-electron chi connectivity index (χ4n) is 5.99. The van der Waals surface area contributed by atoms with Gasteiger partial charge in [0.25, 0.3) is 0 Å². The SMILES string of the molecule is CS(=O)(=O)CCC(c1ccc(-n2cc(-c3ccnc(N)c3N)cn2)nc1)C(F)(F)F.CS(=O)(=O)CCC(c1ccc(-n2cc(-c3ccnc(N)c3[N+](=O)[O-])cn2)nc1)C(F)(F)F. The number of sulfone groups is 2. The molecule has 2 unspecified atom stereocenters. The number of nitrogens with zero attached hydrogens (tertiary/aromatic N) is 9. The molecular weight excluding hydrogens is 875 g/mol. The molecule has 330 valence electrons. The molecule has 0 bridgehead atoms. The summed E-state index contributed by atoms with van der Waals surface area (Å²) < 4.78 is 128. The highest BCUT2D eigenvalue weighted by molar-refractivity contribution is 7.90. The first-order valence-electron chi connectivity index (χ1n) is 17.7. The molecule has 0 aliphatic rings. The highest BCUT2D eigenvalue weighted by Gasteiger charge is 2.42. The molecule has 0 radical (unpaired) electrons. The van der Waals surface area contributed by atoms with Gasteiger partial charge in [-0.1, -0.05) is 12.1 Å². The third kappa shape index (κ3) is 11.8. The molecule has 0 aliphatic heterocycles. The van der Waals surface area contributed by atoms with Crippen LogP contribution in [0.1, 0.15) is 35.8 Å². The lowest BCUT2D eigenvalue weighted by Gasteiger charge is -2.20. The number of nitro groups is 1. The van der Waals surface area contributed by atoms with Crippen molar-refractivity contribution in [2.75, 3.05) is 41.2 Å². The second kappa shape index (κ2) is 18.1. The zero-order valence-corrected chi connectivity index (χ0v) is 34.0. The Hall–Kier alpha value is -6.70. The van der Waals surface area contributed by atoms with Gasteiger partial charge in [-0.15, -0.1) is 0 Å². The number of hydrogen-bond acceptors (Lipinski definition) is 15. The number of halogens is 6. The van der Waals surface area contributed by atoms with Gasteiger partial charge in [-0.05, 0) is 48.2 Å². The third-order valence-electron chi connectivity index (χ3n) is 9.10. The maximum absolute atomic E-state index is 13.4. The molecule has 6 rings (SSSR count). The topological polar surface area (TPSA) is 277 Å². The normalized spacial score (nSPS) is 13.2. The minimum Gasteiger partial charge on any atom is -0.395 e. The summed E-state index contributed by atoms with van der Waals surface area (Å²) in [7, 11) is -7.10. The number of pyridine rings is 4. The molecule has 0 aliphatic carbocycles. The molecule has 0 amide bonds. The predicted octanol–water partition coefficient (Wildman–Crippen LogP) is 5.47. The quantitative estimate of drug-likeness (QED) is 0.0736. The van der Waals surface area contributed by atoms with Gasteiger partial charge in [-0.2, -0.15) is 36.5 Å². The van der Waals surface area contributed by atoms with Gasteiger partial charge in [0.1, 0.15) is 25.5 Å². The summed E-state index contributed by atoms with van der Waals surface area (Å²) in [5.41, 5.74) is 18.6. The van der Waals surface area contributed by atoms with Crippen molar-refractivity contribution in [1.29, 1.82) is 0 Å². The molecule has 0 spiro atoms. The van der Waals surface area contributed by atoms with Crippen LogP contribution in [0.4, 0.5) is 49.4 Å². The van der Waals surface area contributed by atoms with E-state index in [0.29, 0.717) is 22.4 Å². The Balaban J connectivity index is 0.000000235. The Morgan fingerprint density at radius 1 is 0.645 bits per heavy atom. The number of anilines is 3. The van der Waals surface area contributed by atoms with Crippen molar-refractivity contribution in [1.82, 2.24) is 39.5 Å². The summed E-state index contributed by atoms with van der Waals surface area (Å²) in [5, 5.41) is 19.5. The van der Waals surface area contributed by atoms with E-state index < -0.39 is 78.8 Å². The van der Waals surface area contributed by atoms with Crippen molar-refractivity contribution in [3.63, 3.8) is 0 Å². The average Bonchev–Trinajstić information content (AvgIpc) is 3.86. The van der Waals surface area contributed by atoms with Crippen molar-refractivity contribution < 1.29 is 48.1 Å². The highest BCUT2D eigenvalue weighted by Crippen LogP contribution is 2.39. The van der Waals surface area contributed by atoms with Crippen molar-refractivity contribution >= 4 is 42.7 Å². The molecule has 2 atom stereocenters. The van der Waals surface area contributed by atoms with Gasteiger partial charge in [0.2, 0.25) is 5.82 Å². The van der Waals surface area contributed by atoms with Crippen LogP contribution in [-0.2, 0) is 19.7 Å². The van der Waals surface area contributed by atoms with Gasteiger partial charge in [0.05, 0.1) is 51.9 Å². The molecule has 6 aromatic rings. The van der Waals surface area contributed by atoms with Gasteiger partial charge >= 0.3 is 18.0 Å². The number of hydrogen-bond donors (Lipinski definition) is 3. The Morgan fingerprint density at radius 2 is 1.06 bits per heavy atom. The van der Waals surface area contributed by atoms with E-state index in [0.717, 1.165) is 24.9 Å². The minimum absolute atomic E-state index is 0.117. The number of nitrogen functional groups attached to an aromatic ring is 3. The standard InChI is InChI=1S/C18H17F3N6O4S.C18H19F3N6O2S/c1-32(30,31)7-5-14(18(19,20)21)11-2-3-15(24-8-11)26-10-12(9-25-26)13-4-6-23-17(22)16(13)27(28)29;1-30(28,29)7-5-14(18(19,20)21)11-2-3-15(25-8-11)27-10-12(9-26-27)13-4-6-24-17(23)16(13)22/h2-4,6,8-10,14H,5,7H2,1H3,(H2,22,23);2-4,6,8-10,14H,5,7,22H2,1H3,(H2,23,24). The van der Waals surface area contributed by atoms with E-state index in [4.69, 9.17) is 17.2 Å². The molecule has 26 heteroatoms. The summed E-state index contributed by atoms with van der Waals surface area (Å²) in [5.74, 6) is -4.75. The van der Waals surface area contributed by atoms with Gasteiger partial charge < -0.3 is 17.2 Å². The van der Waals surface area contributed by atoms with Crippen LogP contribution in [-0.4, -0.2) is 97.6 Å². The average molecular weight is 911 g/mol. The van der Waals surface area contributed by atoms with Crippen molar-refractivity contribution in [3.05, 3.63) is 107 Å². The van der Waals surface area contributed by atoms with Crippen LogP contribution in [0.5, 0.6) is 0 Å². The van der Waals surface area contributed by atoms with E-state index >= 15 is 0 Å². The molecule has 6 heterocycles. The van der Waals surface area contributed by atoms with E-state index in [9.17, 15) is 53.3 Å². The molecule has 6 aromatic heterocycles. The Bertz CT molecular complexity index is 2760. The Morgan fingerprint density at radius 3 is 1.45 bits per heavy atom. The fourth-order valence-corrected chi connectivity index (χ4v) is 7.32. The summed E-state index contributed by atoms with van der Waals surface area (Å²) in [4.78, 5) is 26.3. The molecular formula is C36H36F6N12O6S2. The highest BCUT2D eigenvalue weighted by atomic mass is 32.2. The van der Waals surface area contributed by atoms with Crippen LogP contribution in [0.2, 0.25) is 0 Å². The van der Waals surface area contributed by atoms with Crippen LogP contribution >= 0.6 is 0 Å². The maximum Gasteiger partial charge on any atom is 0.395 e. The van der Waals surface area contributed by atoms with Crippen molar-refractivity contribution in [2.24, 2.45) is 0 Å². The summed E-state index contributed by atoms with van der Waals surface area (Å²) >= 11 is 0. The molecule has 0 saturated heterocycles. The smallest absolute Gasteiger partial charge is 0.395 e. The molecule has 18 nitrogen and oxygen atoms in total. The Kier molecular flexibility index (Phi) is 13.5. The van der Waals surface area contributed by atoms with Crippen LogP contribution in [0.15, 0.2) is 86.0 Å². The van der Waals surface area contributed by atoms with Crippen LogP contribution in [0, 0.1) is 10.1 Å². The summed E-state index contributed by atoms with van der Waals surface area (Å²) in [6.07, 6.45) is 2.09. The number of nitrogens with two attached hydrogens (primary N) is 3. The van der Waals surface area contributed by atoms with E-state index in [1.807, 2.05) is 0 Å². The second-order valence-corrected chi connectivity index (χ2v) is 18.3. The summed E-state index contributed by atoms with van der Waals surface area (Å²) in [6, 6.07) is 8.19. The molecule has 0 fully saturated rings. The van der Waals surface area contributed by atoms with Crippen molar-refractivity contribution in [3.8, 4) is 33.9 Å². The van der Waals surface area contributed by atoms with Crippen LogP contribution in [0.25, 0.3) is 33.9 Å². The zero-order chi connectivity index (χ0) is 45.8. The lowest BCUT2D eigenvalue weighted by molar-refractivity contribution is -0.383. The van der Waals surface area contributed by atoms with Gasteiger partial charge in [0.15, 0.2) is 11.6 Å². The minimum atomic E-state index is -4.65. The number of alkyl halides is 6. The third-order valence-corrected chi connectivity index (χ3v) is 11.1. The summed E-state index contributed by atoms with van der Waals surface area (Å²) in [6.45, 7) is 0. The monoisotopic (exact) mass is 910 g/mol. The van der Waals surface area contributed by atoms with E-state index in [1.165, 1.54) is 70.7 Å². The second-order valence-electron chi connectivity index (χ2n) is 13.8. The van der Waals surface area contributed by atoms with E-state index in [2.05, 4.69) is 30.1 Å². The zero-order valence-electron chi connectivity index (χ0n) is 32.4. The Labute approximate surface area is 348 Å². The number of rotatable bonds is 13. The number of aromatic nitrogens is 8. The first-order valence-corrected chi connectivity index (χ1v) is 21.8. The fraction of sp³-hybridized carbons (Fsp3) is 0.278. The lowest BCUT2D eigenvalue weighted by atomic mass is 9.97. The van der Waals surface area contributed by atoms with Gasteiger partial charge in [-0.3, -0.25) is 10.1 Å². The van der Waals surface area contributed by atoms with E-state index in [-0.39, 0.29) is 40.0 Å². The molecule has 62 heavy (non-hydrogen) atoms. The van der Waals surface area contributed by atoms with Crippen LogP contribution in [0.3, 0.4) is 0 Å². The van der Waals surface area contributed by atoms with Gasteiger partial charge in [-0.25, -0.2) is 46.1 Å². The molecule has 0 aromatic carbocycles. The molecule has 6 N–H and O–H groups in total. The van der Waals surface area contributed by atoms with E-state index in [1.54, 1.807) is 12.3 Å². The van der Waals surface area contributed by atoms with Crippen LogP contribution < -0.4 is 17.2 Å². The van der Waals surface area contributed by atoms with Gasteiger partial charge in [0, 0.05) is 66.4 Å². The maximum atomic E-state index is 13.4. The lowest BCUT2D eigenvalue weighted by Crippen LogP contribution is -2.23. The molecule has 0 saturated carbocycles. The first kappa shape index (κ1) is 46.4.